The molecule has 40 heavy (non-hydrogen) atoms. The quantitative estimate of drug-likeness (QED) is 0.0668. The van der Waals surface area contributed by atoms with Gasteiger partial charge in [-0.25, -0.2) is 0 Å². The third-order valence-corrected chi connectivity index (χ3v) is 26.7. The summed E-state index contributed by atoms with van der Waals surface area (Å²) in [7, 11) is -10.4. The molecule has 0 radical (unpaired) electrons. The smallest absolute Gasteiger partial charge is 0.317 e. The van der Waals surface area contributed by atoms with Gasteiger partial charge in [0.2, 0.25) is 0 Å². The molecule has 0 bridgehead atoms. The average Bonchev–Trinajstić information content (AvgIpc) is 3.47. The maximum atomic E-state index is 12.6. The minimum Gasteiger partial charge on any atom is -0.465 e. The first kappa shape index (κ1) is 44.8. The molecule has 2 aliphatic rings. The highest BCUT2D eigenvalue weighted by molar-refractivity contribution is 6.88. The molecular formula is C28H70O7Si5. The summed E-state index contributed by atoms with van der Waals surface area (Å²) in [5.74, 6) is -0.0835. The van der Waals surface area contributed by atoms with Gasteiger partial charge in [0, 0.05) is 0 Å². The van der Waals surface area contributed by atoms with Crippen LogP contribution in [0.3, 0.4) is 0 Å². The maximum absolute atomic E-state index is 12.6. The summed E-state index contributed by atoms with van der Waals surface area (Å²) in [5.41, 5.74) is 0. The van der Waals surface area contributed by atoms with Gasteiger partial charge in [-0.15, -0.1) is 0 Å². The molecule has 0 spiro atoms. The minimum atomic E-state index is -2.60. The van der Waals surface area contributed by atoms with E-state index in [2.05, 4.69) is 66.2 Å². The topological polar surface area (TPSA) is 75.8 Å². The summed E-state index contributed by atoms with van der Waals surface area (Å²) in [6, 6.07) is 3.03. The van der Waals surface area contributed by atoms with Gasteiger partial charge in [-0.2, -0.15) is 0 Å². The minimum absolute atomic E-state index is 0. The Kier molecular flexibility index (Phi) is 21.2. The van der Waals surface area contributed by atoms with Crippen LogP contribution in [0.5, 0.6) is 0 Å². The van der Waals surface area contributed by atoms with Crippen LogP contribution in [0, 0.1) is 5.92 Å². The van der Waals surface area contributed by atoms with Crippen molar-refractivity contribution in [1.29, 1.82) is 0 Å². The fourth-order valence-corrected chi connectivity index (χ4v) is 28.4. The number of carbonyl (C=O) groups is 1. The van der Waals surface area contributed by atoms with Crippen molar-refractivity contribution < 1.29 is 30.7 Å². The average molecular weight is 659 g/mol. The second kappa shape index (κ2) is 18.9. The van der Waals surface area contributed by atoms with Gasteiger partial charge < -0.3 is 25.9 Å². The first-order chi connectivity index (χ1) is 16.6. The van der Waals surface area contributed by atoms with Crippen LogP contribution in [-0.4, -0.2) is 67.8 Å². The molecule has 0 amide bonds. The second-order valence-corrected chi connectivity index (χ2v) is 30.8. The van der Waals surface area contributed by atoms with Gasteiger partial charge in [0.15, 0.2) is 16.6 Å². The van der Waals surface area contributed by atoms with Crippen molar-refractivity contribution in [3.63, 3.8) is 0 Å². The molecular weight excluding hydrogens is 589 g/mol. The number of carbonyl (C=O) groups excluding carboxylic acids is 1. The van der Waals surface area contributed by atoms with Crippen molar-refractivity contribution in [3.05, 3.63) is 0 Å². The zero-order valence-electron chi connectivity index (χ0n) is 24.7. The van der Waals surface area contributed by atoms with Gasteiger partial charge in [0.1, 0.15) is 0 Å². The third kappa shape index (κ3) is 16.3. The first-order valence-electron chi connectivity index (χ1n) is 14.2. The van der Waals surface area contributed by atoms with Crippen LogP contribution < -0.4 is 0 Å². The molecule has 7 nitrogen and oxygen atoms in total. The van der Waals surface area contributed by atoms with Gasteiger partial charge in [-0.05, 0) is 96.2 Å². The number of fused-ring (bicyclic) bond motifs is 1. The van der Waals surface area contributed by atoms with E-state index >= 15 is 0 Å². The SMILES string of the molecule is C.C.C.C.CCC[Si](C)(C)O[SiH](C)O[Si](C)(CCCOC(=O)C1CCC2OC2C1)O[Si](C)(C)O[Si](C)(C)CCC. The Morgan fingerprint density at radius 2 is 1.38 bits per heavy atom. The number of ether oxygens (including phenoxy) is 2. The summed E-state index contributed by atoms with van der Waals surface area (Å²) in [4.78, 5) is 12.6. The van der Waals surface area contributed by atoms with Gasteiger partial charge in [-0.1, -0.05) is 56.4 Å². The standard InChI is InChI=1S/C24H54O7Si5.4CH4/c1-11-17-33(4,5)28-32(3)29-36(10,31-35(8,9)30-34(6,7)18-12-2)19-13-16-26-24(25)21-14-15-22-23(20-21)27-22;;;;/h21-23,32H,11-20H2,1-10H3;4*1H4. The Balaban J connectivity index is -0.00000342. The summed E-state index contributed by atoms with van der Waals surface area (Å²) in [5, 5.41) is 0. The zero-order valence-corrected chi connectivity index (χ0v) is 29.9. The molecule has 5 unspecified atom stereocenters. The van der Waals surface area contributed by atoms with Crippen molar-refractivity contribution in [2.24, 2.45) is 5.92 Å². The summed E-state index contributed by atoms with van der Waals surface area (Å²) in [6.45, 7) is 22.6. The molecule has 0 N–H and O–H groups in total. The van der Waals surface area contributed by atoms with E-state index in [-0.39, 0.29) is 47.7 Å². The lowest BCUT2D eigenvalue weighted by Crippen LogP contribution is -2.56. The Labute approximate surface area is 256 Å². The summed E-state index contributed by atoms with van der Waals surface area (Å²) in [6.07, 6.45) is 6.36. The fourth-order valence-electron chi connectivity index (χ4n) is 5.78. The second-order valence-electron chi connectivity index (χ2n) is 12.6. The van der Waals surface area contributed by atoms with E-state index in [4.69, 9.17) is 25.9 Å². The lowest BCUT2D eigenvalue weighted by molar-refractivity contribution is -0.149. The number of hydrogen-bond donors (Lipinski definition) is 0. The molecule has 0 aromatic carbocycles. The van der Waals surface area contributed by atoms with Crippen molar-refractivity contribution in [2.75, 3.05) is 6.61 Å². The van der Waals surface area contributed by atoms with Gasteiger partial charge in [-0.3, -0.25) is 4.79 Å². The number of hydrogen-bond acceptors (Lipinski definition) is 7. The van der Waals surface area contributed by atoms with E-state index in [1.165, 1.54) is 0 Å². The van der Waals surface area contributed by atoms with Crippen molar-refractivity contribution in [1.82, 2.24) is 0 Å². The van der Waals surface area contributed by atoms with E-state index in [1.807, 2.05) is 0 Å². The molecule has 1 heterocycles. The van der Waals surface area contributed by atoms with Crippen LogP contribution >= 0.6 is 0 Å². The van der Waals surface area contributed by atoms with Crippen LogP contribution in [0.2, 0.25) is 70.5 Å². The van der Waals surface area contributed by atoms with E-state index in [9.17, 15) is 4.79 Å². The number of rotatable bonds is 17. The third-order valence-electron chi connectivity index (χ3n) is 6.95. The van der Waals surface area contributed by atoms with Crippen LogP contribution in [0.15, 0.2) is 0 Å². The van der Waals surface area contributed by atoms with Gasteiger partial charge in [0.25, 0.3) is 9.28 Å². The van der Waals surface area contributed by atoms with Crippen LogP contribution in [0.1, 0.15) is 82.1 Å². The lowest BCUT2D eigenvalue weighted by Gasteiger charge is -2.41. The van der Waals surface area contributed by atoms with E-state index in [0.29, 0.717) is 12.7 Å². The van der Waals surface area contributed by atoms with E-state index in [0.717, 1.165) is 56.7 Å². The lowest BCUT2D eigenvalue weighted by atomic mass is 9.89. The van der Waals surface area contributed by atoms with E-state index < -0.39 is 43.0 Å². The predicted molar refractivity (Wildman–Crippen MR) is 185 cm³/mol. The van der Waals surface area contributed by atoms with Crippen molar-refractivity contribution in [3.8, 4) is 0 Å². The molecule has 0 aromatic heterocycles. The summed E-state index contributed by atoms with van der Waals surface area (Å²) < 4.78 is 38.2. The summed E-state index contributed by atoms with van der Waals surface area (Å²) >= 11 is 0. The molecule has 12 heteroatoms. The molecule has 1 aliphatic carbocycles. The van der Waals surface area contributed by atoms with Gasteiger partial charge >= 0.3 is 23.1 Å². The zero-order chi connectivity index (χ0) is 27.2. The van der Waals surface area contributed by atoms with E-state index in [1.54, 1.807) is 0 Å². The van der Waals surface area contributed by atoms with Crippen LogP contribution in [-0.2, 0) is 30.7 Å². The Bertz CT molecular complexity index is 711. The molecule has 1 aliphatic heterocycles. The Hall–Kier alpha value is 0.354. The fraction of sp³-hybridized carbons (Fsp3) is 0.964. The Morgan fingerprint density at radius 1 is 0.800 bits per heavy atom. The predicted octanol–water partition coefficient (Wildman–Crippen LogP) is 8.95. The molecule has 1 saturated heterocycles. The highest BCUT2D eigenvalue weighted by Gasteiger charge is 2.47. The first-order valence-corrected chi connectivity index (χ1v) is 27.8. The molecule has 1 saturated carbocycles. The normalized spacial score (nSPS) is 22.6. The van der Waals surface area contributed by atoms with Crippen LogP contribution in [0.4, 0.5) is 0 Å². The Morgan fingerprint density at radius 3 is 1.93 bits per heavy atom. The molecule has 2 rings (SSSR count). The highest BCUT2D eigenvalue weighted by atomic mass is 28.5. The highest BCUT2D eigenvalue weighted by Crippen LogP contribution is 2.39. The van der Waals surface area contributed by atoms with Crippen molar-refractivity contribution in [2.45, 2.75) is 165 Å². The van der Waals surface area contributed by atoms with Gasteiger partial charge in [0.05, 0.1) is 24.7 Å². The van der Waals surface area contributed by atoms with Crippen molar-refractivity contribution >= 4 is 49.0 Å². The molecule has 2 fully saturated rings. The number of epoxide rings is 1. The monoisotopic (exact) mass is 658 g/mol. The largest absolute Gasteiger partial charge is 0.465 e. The molecule has 0 aromatic rings. The molecule has 5 atom stereocenters. The van der Waals surface area contributed by atoms with Crippen LogP contribution in [0.25, 0.3) is 0 Å². The molecule has 244 valence electrons. The maximum Gasteiger partial charge on any atom is 0.317 e. The number of esters is 1.